The predicted molar refractivity (Wildman–Crippen MR) is 110 cm³/mol. The number of esters is 1. The van der Waals surface area contributed by atoms with E-state index in [1.807, 2.05) is 13.8 Å². The van der Waals surface area contributed by atoms with Crippen LogP contribution in [0.4, 0.5) is 8.78 Å². The molecule has 2 fully saturated rings. The number of unbranched alkanes of at least 4 members (excludes halogenated alkanes) is 2. The van der Waals surface area contributed by atoms with Crippen molar-refractivity contribution in [2.24, 2.45) is 17.3 Å². The second-order valence-electron chi connectivity index (χ2n) is 8.94. The van der Waals surface area contributed by atoms with Crippen molar-refractivity contribution < 1.29 is 33.3 Å². The van der Waals surface area contributed by atoms with Crippen LogP contribution in [-0.2, 0) is 14.3 Å². The molecule has 2 N–H and O–H groups in total. The molecule has 1 aliphatic carbocycles. The van der Waals surface area contributed by atoms with Crippen molar-refractivity contribution in [2.45, 2.75) is 89.4 Å². The van der Waals surface area contributed by atoms with Crippen LogP contribution in [0.5, 0.6) is 0 Å². The molecule has 1 aliphatic heterocycles. The Kier molecular flexibility index (Phi) is 8.45. The number of hydrogen-bond acceptors (Lipinski definition) is 5. The Morgan fingerprint density at radius 1 is 1.47 bits per heavy atom. The van der Waals surface area contributed by atoms with Crippen LogP contribution in [0, 0.1) is 17.3 Å². The number of rotatable bonds is 11. The molecule has 2 aliphatic rings. The van der Waals surface area contributed by atoms with Crippen molar-refractivity contribution in [1.29, 1.82) is 0 Å². The van der Waals surface area contributed by atoms with Gasteiger partial charge in [0.25, 0.3) is 0 Å². The lowest BCUT2D eigenvalue weighted by molar-refractivity contribution is -0.140. The standard InChI is InChI=1S/C23H36F2O5/c1-5-7-12-22(3,14-15(26)6-2)20-16(27)13-17-21(20)23(24,25)18(30-17)10-8-9-11-19(28)29-4/h6,10,15-17,20-21,26-27H,2,5,7-9,11-14H2,1,3-4H3/t15-,16-,17+,20-,21+,22+/m1/s1. The van der Waals surface area contributed by atoms with Gasteiger partial charge in [0.15, 0.2) is 5.76 Å². The van der Waals surface area contributed by atoms with E-state index in [1.165, 1.54) is 19.3 Å². The summed E-state index contributed by atoms with van der Waals surface area (Å²) in [5, 5.41) is 20.9. The molecule has 0 spiro atoms. The van der Waals surface area contributed by atoms with E-state index in [0.29, 0.717) is 12.8 Å². The molecule has 7 heteroatoms. The molecule has 0 aromatic carbocycles. The van der Waals surface area contributed by atoms with Gasteiger partial charge in [-0.05, 0) is 37.2 Å². The number of aliphatic hydroxyl groups excluding tert-OH is 2. The van der Waals surface area contributed by atoms with Crippen LogP contribution in [0.3, 0.4) is 0 Å². The molecular formula is C23H36F2O5. The first-order valence-corrected chi connectivity index (χ1v) is 10.9. The molecule has 1 saturated heterocycles. The Bertz CT molecular complexity index is 635. The summed E-state index contributed by atoms with van der Waals surface area (Å²) < 4.78 is 41.0. The number of methoxy groups -OCH3 is 1. The Hall–Kier alpha value is -1.47. The molecule has 0 aromatic rings. The highest BCUT2D eigenvalue weighted by Crippen LogP contribution is 2.60. The molecule has 172 valence electrons. The van der Waals surface area contributed by atoms with Gasteiger partial charge in [0.05, 0.1) is 25.2 Å². The molecule has 0 amide bonds. The summed E-state index contributed by atoms with van der Waals surface area (Å²) in [5.41, 5.74) is -0.671. The molecule has 30 heavy (non-hydrogen) atoms. The van der Waals surface area contributed by atoms with E-state index in [0.717, 1.165) is 12.8 Å². The average Bonchev–Trinajstić information content (AvgIpc) is 3.16. The lowest BCUT2D eigenvalue weighted by Gasteiger charge is -2.42. The number of hydrogen-bond donors (Lipinski definition) is 2. The van der Waals surface area contributed by atoms with E-state index in [9.17, 15) is 15.0 Å². The van der Waals surface area contributed by atoms with Crippen molar-refractivity contribution >= 4 is 5.97 Å². The van der Waals surface area contributed by atoms with Gasteiger partial charge in [-0.1, -0.05) is 32.8 Å². The summed E-state index contributed by atoms with van der Waals surface area (Å²) in [7, 11) is 1.29. The minimum atomic E-state index is -3.20. The van der Waals surface area contributed by atoms with E-state index >= 15 is 8.78 Å². The van der Waals surface area contributed by atoms with Gasteiger partial charge in [0, 0.05) is 18.8 Å². The Morgan fingerprint density at radius 3 is 2.77 bits per heavy atom. The van der Waals surface area contributed by atoms with Gasteiger partial charge in [0.2, 0.25) is 0 Å². The quantitative estimate of drug-likeness (QED) is 0.289. The van der Waals surface area contributed by atoms with Crippen LogP contribution >= 0.6 is 0 Å². The number of alkyl halides is 2. The fourth-order valence-electron chi connectivity index (χ4n) is 5.20. The third-order valence-corrected chi connectivity index (χ3v) is 6.70. The Labute approximate surface area is 178 Å². The zero-order chi connectivity index (χ0) is 22.5. The maximum atomic E-state index is 15.4. The van der Waals surface area contributed by atoms with Gasteiger partial charge < -0.3 is 19.7 Å². The van der Waals surface area contributed by atoms with E-state index < -0.39 is 41.5 Å². The third kappa shape index (κ3) is 5.22. The molecular weight excluding hydrogens is 394 g/mol. The topological polar surface area (TPSA) is 76.0 Å². The van der Waals surface area contributed by atoms with Crippen molar-refractivity contribution in [3.63, 3.8) is 0 Å². The first kappa shape index (κ1) is 24.8. The first-order valence-electron chi connectivity index (χ1n) is 10.9. The molecule has 0 aromatic heterocycles. The zero-order valence-electron chi connectivity index (χ0n) is 18.3. The number of carbonyl (C=O) groups is 1. The maximum absolute atomic E-state index is 15.4. The number of halogens is 2. The summed E-state index contributed by atoms with van der Waals surface area (Å²) in [6.45, 7) is 7.53. The lowest BCUT2D eigenvalue weighted by atomic mass is 9.64. The predicted octanol–water partition coefficient (Wildman–Crippen LogP) is 4.38. The van der Waals surface area contributed by atoms with Crippen LogP contribution in [-0.4, -0.2) is 47.5 Å². The first-order chi connectivity index (χ1) is 14.1. The van der Waals surface area contributed by atoms with Crippen molar-refractivity contribution in [2.75, 3.05) is 7.11 Å². The van der Waals surface area contributed by atoms with Crippen molar-refractivity contribution in [1.82, 2.24) is 0 Å². The monoisotopic (exact) mass is 430 g/mol. The summed E-state index contributed by atoms with van der Waals surface area (Å²) in [6, 6.07) is 0. The van der Waals surface area contributed by atoms with Crippen molar-refractivity contribution in [3.8, 4) is 0 Å². The molecule has 6 atom stereocenters. The minimum absolute atomic E-state index is 0.149. The van der Waals surface area contributed by atoms with Gasteiger partial charge >= 0.3 is 11.9 Å². The van der Waals surface area contributed by atoms with Crippen LogP contribution in [0.15, 0.2) is 24.5 Å². The summed E-state index contributed by atoms with van der Waals surface area (Å²) >= 11 is 0. The number of allylic oxidation sites excluding steroid dienone is 2. The van der Waals surface area contributed by atoms with Crippen LogP contribution in [0.2, 0.25) is 0 Å². The van der Waals surface area contributed by atoms with E-state index in [1.54, 1.807) is 0 Å². The highest BCUT2D eigenvalue weighted by Gasteiger charge is 2.67. The SMILES string of the molecule is C=C[C@@H](O)C[C@](C)(CCCC)[C@H]1[C@@H]2[C@H](C[C@H]1O)OC(=CCCCC(=O)OC)C2(F)F. The lowest BCUT2D eigenvalue weighted by Crippen LogP contribution is -2.44. The minimum Gasteiger partial charge on any atom is -0.488 e. The number of carbonyl (C=O) groups excluding carboxylic acids is 1. The van der Waals surface area contributed by atoms with Gasteiger partial charge in [-0.3, -0.25) is 4.79 Å². The van der Waals surface area contributed by atoms with Gasteiger partial charge in [0.1, 0.15) is 6.10 Å². The summed E-state index contributed by atoms with van der Waals surface area (Å²) in [5.74, 6) is -5.77. The van der Waals surface area contributed by atoms with Crippen LogP contribution in [0.25, 0.3) is 0 Å². The average molecular weight is 431 g/mol. The van der Waals surface area contributed by atoms with Crippen LogP contribution in [0.1, 0.15) is 65.2 Å². The Morgan fingerprint density at radius 2 is 2.17 bits per heavy atom. The maximum Gasteiger partial charge on any atom is 0.310 e. The van der Waals surface area contributed by atoms with E-state index in [2.05, 4.69) is 11.3 Å². The smallest absolute Gasteiger partial charge is 0.310 e. The Balaban J connectivity index is 2.23. The second-order valence-corrected chi connectivity index (χ2v) is 8.94. The van der Waals surface area contributed by atoms with E-state index in [-0.39, 0.29) is 37.4 Å². The van der Waals surface area contributed by atoms with Gasteiger partial charge in [-0.15, -0.1) is 6.58 Å². The molecule has 1 heterocycles. The largest absolute Gasteiger partial charge is 0.488 e. The summed E-state index contributed by atoms with van der Waals surface area (Å²) in [6.07, 6.45) is 3.92. The molecule has 2 rings (SSSR count). The number of aliphatic hydroxyl groups is 2. The van der Waals surface area contributed by atoms with Crippen LogP contribution < -0.4 is 0 Å². The van der Waals surface area contributed by atoms with E-state index in [4.69, 9.17) is 4.74 Å². The molecule has 5 nitrogen and oxygen atoms in total. The van der Waals surface area contributed by atoms with Gasteiger partial charge in [-0.25, -0.2) is 0 Å². The molecule has 0 bridgehead atoms. The normalized spacial score (nSPS) is 31.6. The fourth-order valence-corrected chi connectivity index (χ4v) is 5.20. The highest BCUT2D eigenvalue weighted by atomic mass is 19.3. The zero-order valence-corrected chi connectivity index (χ0v) is 18.3. The number of fused-ring (bicyclic) bond motifs is 1. The fraction of sp³-hybridized carbons (Fsp3) is 0.783. The second kappa shape index (κ2) is 10.2. The molecule has 0 unspecified atom stereocenters. The third-order valence-electron chi connectivity index (χ3n) is 6.70. The summed E-state index contributed by atoms with van der Waals surface area (Å²) in [4.78, 5) is 11.2. The van der Waals surface area contributed by atoms with Gasteiger partial charge in [-0.2, -0.15) is 8.78 Å². The van der Waals surface area contributed by atoms with Crippen molar-refractivity contribution in [3.05, 3.63) is 24.5 Å². The molecule has 1 saturated carbocycles. The highest BCUT2D eigenvalue weighted by molar-refractivity contribution is 5.69. The molecule has 0 radical (unpaired) electrons. The number of ether oxygens (including phenoxy) is 2.